The molecule has 0 aliphatic carbocycles. The van der Waals surface area contributed by atoms with Crippen molar-refractivity contribution in [3.05, 3.63) is 39.3 Å². The number of nitrogens with two attached hydrogens (primary N) is 1. The topological polar surface area (TPSA) is 51.8 Å². The lowest BCUT2D eigenvalue weighted by atomic mass is 10.1. The lowest BCUT2D eigenvalue weighted by Crippen LogP contribution is -2.06. The van der Waals surface area contributed by atoms with Gasteiger partial charge < -0.3 is 5.73 Å². The highest BCUT2D eigenvalue weighted by atomic mass is 127. The lowest BCUT2D eigenvalue weighted by molar-refractivity contribution is -0.137. The van der Waals surface area contributed by atoms with E-state index in [1.807, 2.05) is 22.6 Å². The summed E-state index contributed by atoms with van der Waals surface area (Å²) in [6.45, 7) is 0. The average Bonchev–Trinajstić information content (AvgIpc) is 2.31. The number of alkyl halides is 3. The molecule has 100 valence electrons. The molecule has 2 N–H and O–H groups in total. The molecular weight excluding hydrogens is 377 g/mol. The Morgan fingerprint density at radius 1 is 1.16 bits per heavy atom. The zero-order chi connectivity index (χ0) is 14.2. The number of nitrogen functional groups attached to an aromatic ring is 1. The molecule has 0 spiro atoms. The predicted octanol–water partition coefficient (Wildman–Crippen LogP) is 3.49. The van der Waals surface area contributed by atoms with Crippen molar-refractivity contribution in [3.8, 4) is 11.4 Å². The lowest BCUT2D eigenvalue weighted by Gasteiger charge is -2.09. The highest BCUT2D eigenvalue weighted by Crippen LogP contribution is 2.32. The van der Waals surface area contributed by atoms with Gasteiger partial charge in [-0.3, -0.25) is 0 Å². The molecule has 0 aliphatic rings. The van der Waals surface area contributed by atoms with Crippen LogP contribution in [0.2, 0.25) is 0 Å². The van der Waals surface area contributed by atoms with Crippen LogP contribution in [0, 0.1) is 9.39 Å². The molecular formula is C11H6F4IN3. The number of halogens is 5. The second-order valence-electron chi connectivity index (χ2n) is 3.65. The molecule has 0 saturated heterocycles. The average molecular weight is 383 g/mol. The molecule has 0 bridgehead atoms. The van der Waals surface area contributed by atoms with Gasteiger partial charge in [0.1, 0.15) is 11.6 Å². The Labute approximate surface area is 119 Å². The smallest absolute Gasteiger partial charge is 0.383 e. The number of benzene rings is 1. The molecule has 0 radical (unpaired) electrons. The van der Waals surface area contributed by atoms with Crippen LogP contribution in [0.5, 0.6) is 0 Å². The van der Waals surface area contributed by atoms with Gasteiger partial charge in [0, 0.05) is 11.8 Å². The molecule has 0 unspecified atom stereocenters. The summed E-state index contributed by atoms with van der Waals surface area (Å²) < 4.78 is 51.5. The third-order valence-corrected chi connectivity index (χ3v) is 3.09. The highest BCUT2D eigenvalue weighted by Gasteiger charge is 2.31. The maximum atomic E-state index is 13.2. The van der Waals surface area contributed by atoms with Crippen LogP contribution in [0.3, 0.4) is 0 Å². The van der Waals surface area contributed by atoms with Gasteiger partial charge in [-0.2, -0.15) is 13.2 Å². The highest BCUT2D eigenvalue weighted by molar-refractivity contribution is 14.1. The predicted molar refractivity (Wildman–Crippen MR) is 69.6 cm³/mol. The molecule has 3 nitrogen and oxygen atoms in total. The number of aromatic nitrogens is 2. The second-order valence-corrected chi connectivity index (χ2v) is 4.82. The fourth-order valence-electron chi connectivity index (χ4n) is 1.40. The first-order chi connectivity index (χ1) is 8.77. The minimum Gasteiger partial charge on any atom is -0.383 e. The fourth-order valence-corrected chi connectivity index (χ4v) is 1.66. The third-order valence-electron chi connectivity index (χ3n) is 2.25. The molecule has 2 aromatic rings. The molecule has 0 amide bonds. The molecule has 0 atom stereocenters. The Balaban J connectivity index is 2.56. The van der Waals surface area contributed by atoms with E-state index in [-0.39, 0.29) is 17.2 Å². The standard InChI is InChI=1S/C11H6F4IN3/c12-7-2-5(1-6(3-7)11(13,14)15)10-18-4-8(16)9(17)19-10/h1-4H,(H2,17,18,19). The van der Waals surface area contributed by atoms with Crippen molar-refractivity contribution < 1.29 is 17.6 Å². The summed E-state index contributed by atoms with van der Waals surface area (Å²) in [6, 6.07) is 2.13. The van der Waals surface area contributed by atoms with Crippen molar-refractivity contribution in [3.63, 3.8) is 0 Å². The number of anilines is 1. The summed E-state index contributed by atoms with van der Waals surface area (Å²) >= 11 is 1.88. The summed E-state index contributed by atoms with van der Waals surface area (Å²) in [5.41, 5.74) is 4.38. The zero-order valence-electron chi connectivity index (χ0n) is 9.17. The SMILES string of the molecule is Nc1nc(-c2cc(F)cc(C(F)(F)F)c2)ncc1I. The summed E-state index contributed by atoms with van der Waals surface area (Å²) in [4.78, 5) is 7.67. The molecule has 1 aromatic carbocycles. The number of nitrogens with zero attached hydrogens (tertiary/aromatic N) is 2. The summed E-state index contributed by atoms with van der Waals surface area (Å²) in [5, 5.41) is 0. The van der Waals surface area contributed by atoms with Gasteiger partial charge in [0.2, 0.25) is 0 Å². The van der Waals surface area contributed by atoms with E-state index in [0.717, 1.165) is 12.1 Å². The van der Waals surface area contributed by atoms with Crippen LogP contribution in [0.4, 0.5) is 23.4 Å². The first-order valence-electron chi connectivity index (χ1n) is 4.93. The number of hydrogen-bond acceptors (Lipinski definition) is 3. The van der Waals surface area contributed by atoms with Crippen LogP contribution in [-0.4, -0.2) is 9.97 Å². The van der Waals surface area contributed by atoms with Crippen molar-refractivity contribution in [1.82, 2.24) is 9.97 Å². The van der Waals surface area contributed by atoms with Crippen molar-refractivity contribution in [1.29, 1.82) is 0 Å². The summed E-state index contributed by atoms with van der Waals surface area (Å²) in [6.07, 6.45) is -3.28. The van der Waals surface area contributed by atoms with Crippen LogP contribution in [0.15, 0.2) is 24.4 Å². The van der Waals surface area contributed by atoms with E-state index in [1.54, 1.807) is 0 Å². The van der Waals surface area contributed by atoms with E-state index in [9.17, 15) is 17.6 Å². The molecule has 8 heteroatoms. The van der Waals surface area contributed by atoms with Crippen LogP contribution in [-0.2, 0) is 6.18 Å². The van der Waals surface area contributed by atoms with Gasteiger partial charge >= 0.3 is 6.18 Å². The Morgan fingerprint density at radius 3 is 2.42 bits per heavy atom. The third kappa shape index (κ3) is 3.11. The Hall–Kier alpha value is -1.45. The zero-order valence-corrected chi connectivity index (χ0v) is 11.3. The monoisotopic (exact) mass is 383 g/mol. The maximum Gasteiger partial charge on any atom is 0.416 e. The van der Waals surface area contributed by atoms with E-state index < -0.39 is 17.6 Å². The van der Waals surface area contributed by atoms with Gasteiger partial charge in [-0.1, -0.05) is 0 Å². The van der Waals surface area contributed by atoms with Gasteiger partial charge in [0.25, 0.3) is 0 Å². The van der Waals surface area contributed by atoms with Crippen LogP contribution in [0.1, 0.15) is 5.56 Å². The van der Waals surface area contributed by atoms with Crippen LogP contribution >= 0.6 is 22.6 Å². The Kier molecular flexibility index (Phi) is 3.61. The van der Waals surface area contributed by atoms with Crippen molar-refractivity contribution in [2.45, 2.75) is 6.18 Å². The van der Waals surface area contributed by atoms with Crippen molar-refractivity contribution in [2.24, 2.45) is 0 Å². The minimum atomic E-state index is -4.63. The second kappa shape index (κ2) is 4.91. The van der Waals surface area contributed by atoms with E-state index >= 15 is 0 Å². The Morgan fingerprint density at radius 2 is 1.84 bits per heavy atom. The molecule has 2 rings (SSSR count). The first kappa shape index (κ1) is 14.0. The van der Waals surface area contributed by atoms with Gasteiger partial charge in [0.15, 0.2) is 5.82 Å². The number of hydrogen-bond donors (Lipinski definition) is 1. The van der Waals surface area contributed by atoms with Gasteiger partial charge in [-0.05, 0) is 40.8 Å². The van der Waals surface area contributed by atoms with E-state index in [2.05, 4.69) is 9.97 Å². The quantitative estimate of drug-likeness (QED) is 0.606. The largest absolute Gasteiger partial charge is 0.416 e. The number of rotatable bonds is 1. The van der Waals surface area contributed by atoms with Gasteiger partial charge in [-0.15, -0.1) is 0 Å². The van der Waals surface area contributed by atoms with Crippen LogP contribution < -0.4 is 5.73 Å². The van der Waals surface area contributed by atoms with Crippen molar-refractivity contribution >= 4 is 28.4 Å². The van der Waals surface area contributed by atoms with Gasteiger partial charge in [0.05, 0.1) is 9.13 Å². The van der Waals surface area contributed by atoms with E-state index in [1.165, 1.54) is 6.20 Å². The van der Waals surface area contributed by atoms with E-state index in [4.69, 9.17) is 5.73 Å². The first-order valence-corrected chi connectivity index (χ1v) is 6.01. The molecule has 1 aromatic heterocycles. The summed E-state index contributed by atoms with van der Waals surface area (Å²) in [5.74, 6) is -0.933. The molecule has 0 saturated carbocycles. The molecule has 0 fully saturated rings. The maximum absolute atomic E-state index is 13.2. The van der Waals surface area contributed by atoms with E-state index in [0.29, 0.717) is 9.64 Å². The molecule has 19 heavy (non-hydrogen) atoms. The fraction of sp³-hybridized carbons (Fsp3) is 0.0909. The molecule has 0 aliphatic heterocycles. The van der Waals surface area contributed by atoms with Crippen LogP contribution in [0.25, 0.3) is 11.4 Å². The van der Waals surface area contributed by atoms with Gasteiger partial charge in [-0.25, -0.2) is 14.4 Å². The molecule has 1 heterocycles. The van der Waals surface area contributed by atoms with Crippen molar-refractivity contribution in [2.75, 3.05) is 5.73 Å². The minimum absolute atomic E-state index is 0.0529. The normalized spacial score (nSPS) is 11.6. The summed E-state index contributed by atoms with van der Waals surface area (Å²) in [7, 11) is 0. The Bertz CT molecular complexity index is 628.